The van der Waals surface area contributed by atoms with Gasteiger partial charge in [0.1, 0.15) is 5.75 Å². The predicted octanol–water partition coefficient (Wildman–Crippen LogP) is 4.37. The van der Waals surface area contributed by atoms with Crippen molar-refractivity contribution < 1.29 is 9.53 Å². The van der Waals surface area contributed by atoms with E-state index in [4.69, 9.17) is 4.74 Å². The van der Waals surface area contributed by atoms with E-state index in [9.17, 15) is 4.79 Å². The monoisotopic (exact) mass is 380 g/mol. The predicted molar refractivity (Wildman–Crippen MR) is 115 cm³/mol. The second-order valence-electron chi connectivity index (χ2n) is 7.52. The van der Waals surface area contributed by atoms with Gasteiger partial charge in [-0.25, -0.2) is 0 Å². The minimum absolute atomic E-state index is 0.122. The number of piperidine rings is 1. The number of anilines is 1. The second kappa shape index (κ2) is 10.7. The van der Waals surface area contributed by atoms with Gasteiger partial charge in [0, 0.05) is 31.7 Å². The highest BCUT2D eigenvalue weighted by atomic mass is 16.5. The Morgan fingerprint density at radius 3 is 2.25 bits per heavy atom. The van der Waals surface area contributed by atoms with Crippen LogP contribution in [0.3, 0.4) is 0 Å². The molecule has 0 atom stereocenters. The van der Waals surface area contributed by atoms with E-state index in [1.54, 1.807) is 7.11 Å². The molecule has 1 aliphatic rings. The quantitative estimate of drug-likeness (QED) is 0.657. The lowest BCUT2D eigenvalue weighted by atomic mass is 10.1. The number of rotatable bonds is 9. The van der Waals surface area contributed by atoms with Gasteiger partial charge in [-0.3, -0.25) is 4.79 Å². The summed E-state index contributed by atoms with van der Waals surface area (Å²) in [7, 11) is 1.66. The average Bonchev–Trinajstić information content (AvgIpc) is 2.76. The van der Waals surface area contributed by atoms with E-state index >= 15 is 0 Å². The van der Waals surface area contributed by atoms with Crippen LogP contribution >= 0.6 is 0 Å². The van der Waals surface area contributed by atoms with Crippen molar-refractivity contribution in [2.24, 2.45) is 0 Å². The van der Waals surface area contributed by atoms with Crippen LogP contribution in [-0.4, -0.2) is 32.7 Å². The zero-order valence-electron chi connectivity index (χ0n) is 17.0. The number of ether oxygens (including phenoxy) is 1. The fourth-order valence-electron chi connectivity index (χ4n) is 3.68. The van der Waals surface area contributed by atoms with Crippen LogP contribution in [0.4, 0.5) is 5.69 Å². The van der Waals surface area contributed by atoms with E-state index < -0.39 is 0 Å². The summed E-state index contributed by atoms with van der Waals surface area (Å²) in [4.78, 5) is 14.5. The summed E-state index contributed by atoms with van der Waals surface area (Å²) >= 11 is 0. The third-order valence-electron chi connectivity index (χ3n) is 5.42. The van der Waals surface area contributed by atoms with Crippen molar-refractivity contribution in [2.75, 3.05) is 31.6 Å². The molecule has 150 valence electrons. The minimum atomic E-state index is 0.122. The molecule has 1 aliphatic heterocycles. The van der Waals surface area contributed by atoms with Crippen LogP contribution in [0.2, 0.25) is 0 Å². The smallest absolute Gasteiger partial charge is 0.220 e. The molecule has 0 aromatic heterocycles. The van der Waals surface area contributed by atoms with Crippen molar-refractivity contribution in [2.45, 2.75) is 44.9 Å². The number of benzene rings is 2. The molecule has 1 saturated heterocycles. The van der Waals surface area contributed by atoms with E-state index in [0.29, 0.717) is 6.42 Å². The number of methoxy groups -OCH3 is 1. The van der Waals surface area contributed by atoms with Gasteiger partial charge in [-0.15, -0.1) is 0 Å². The molecule has 1 fully saturated rings. The maximum absolute atomic E-state index is 12.0. The number of nitrogens with zero attached hydrogens (tertiary/aromatic N) is 1. The van der Waals surface area contributed by atoms with E-state index in [0.717, 1.165) is 37.1 Å². The lowest BCUT2D eigenvalue weighted by Crippen LogP contribution is -2.29. The Balaban J connectivity index is 1.31. The molecule has 3 rings (SSSR count). The van der Waals surface area contributed by atoms with Crippen LogP contribution < -0.4 is 15.0 Å². The topological polar surface area (TPSA) is 41.6 Å². The third kappa shape index (κ3) is 6.29. The van der Waals surface area contributed by atoms with Gasteiger partial charge in [0.25, 0.3) is 0 Å². The lowest BCUT2D eigenvalue weighted by molar-refractivity contribution is -0.121. The van der Waals surface area contributed by atoms with Crippen molar-refractivity contribution in [3.8, 4) is 5.75 Å². The Morgan fingerprint density at radius 1 is 0.929 bits per heavy atom. The maximum atomic E-state index is 12.0. The lowest BCUT2D eigenvalue weighted by Gasteiger charge is -2.28. The van der Waals surface area contributed by atoms with Gasteiger partial charge in [-0.1, -0.05) is 24.3 Å². The van der Waals surface area contributed by atoms with Crippen LogP contribution in [0.25, 0.3) is 0 Å². The van der Waals surface area contributed by atoms with Crippen molar-refractivity contribution in [1.29, 1.82) is 0 Å². The number of hydrogen-bond donors (Lipinski definition) is 1. The van der Waals surface area contributed by atoms with E-state index in [-0.39, 0.29) is 5.91 Å². The number of carbonyl (C=O) groups excluding carboxylic acids is 1. The minimum Gasteiger partial charge on any atom is -0.497 e. The highest BCUT2D eigenvalue weighted by molar-refractivity contribution is 5.76. The van der Waals surface area contributed by atoms with Crippen LogP contribution in [0.1, 0.15) is 43.2 Å². The van der Waals surface area contributed by atoms with Crippen molar-refractivity contribution in [1.82, 2.24) is 5.32 Å². The van der Waals surface area contributed by atoms with Crippen molar-refractivity contribution >= 4 is 11.6 Å². The molecule has 0 aliphatic carbocycles. The van der Waals surface area contributed by atoms with Gasteiger partial charge in [-0.05, 0) is 73.9 Å². The standard InChI is InChI=1S/C24H32N2O2/c1-28-23-14-9-21(10-15-23)11-16-24(27)25-17-5-6-20-7-12-22(13-8-20)26-18-3-2-4-19-26/h7-10,12-15H,2-6,11,16-19H2,1H3,(H,25,27). The second-order valence-corrected chi connectivity index (χ2v) is 7.52. The van der Waals surface area contributed by atoms with Crippen molar-refractivity contribution in [3.63, 3.8) is 0 Å². The van der Waals surface area contributed by atoms with E-state index in [1.807, 2.05) is 24.3 Å². The first-order chi connectivity index (χ1) is 13.7. The van der Waals surface area contributed by atoms with Crippen LogP contribution in [0.15, 0.2) is 48.5 Å². The van der Waals surface area contributed by atoms with E-state index in [1.165, 1.54) is 43.6 Å². The zero-order valence-corrected chi connectivity index (χ0v) is 17.0. The van der Waals surface area contributed by atoms with Gasteiger partial charge in [0.15, 0.2) is 0 Å². The third-order valence-corrected chi connectivity index (χ3v) is 5.42. The maximum Gasteiger partial charge on any atom is 0.220 e. The molecule has 0 unspecified atom stereocenters. The first kappa shape index (κ1) is 20.2. The van der Waals surface area contributed by atoms with Gasteiger partial charge >= 0.3 is 0 Å². The average molecular weight is 381 g/mol. The molecular formula is C24H32N2O2. The number of nitrogens with one attached hydrogen (secondary N) is 1. The molecule has 28 heavy (non-hydrogen) atoms. The Kier molecular flexibility index (Phi) is 7.77. The Bertz CT molecular complexity index is 719. The molecule has 2 aromatic carbocycles. The molecule has 1 N–H and O–H groups in total. The van der Waals surface area contributed by atoms with Gasteiger partial charge in [-0.2, -0.15) is 0 Å². The molecule has 0 spiro atoms. The summed E-state index contributed by atoms with van der Waals surface area (Å²) in [6, 6.07) is 16.8. The molecule has 4 heteroatoms. The summed E-state index contributed by atoms with van der Waals surface area (Å²) in [6.45, 7) is 3.10. The molecule has 0 bridgehead atoms. The number of carbonyl (C=O) groups is 1. The molecule has 0 radical (unpaired) electrons. The molecule has 0 saturated carbocycles. The van der Waals surface area contributed by atoms with Crippen LogP contribution in [-0.2, 0) is 17.6 Å². The Morgan fingerprint density at radius 2 is 1.57 bits per heavy atom. The Hall–Kier alpha value is -2.49. The largest absolute Gasteiger partial charge is 0.497 e. The van der Waals surface area contributed by atoms with Crippen molar-refractivity contribution in [3.05, 3.63) is 59.7 Å². The number of hydrogen-bond acceptors (Lipinski definition) is 3. The van der Waals surface area contributed by atoms with Crippen LogP contribution in [0, 0.1) is 0 Å². The first-order valence-corrected chi connectivity index (χ1v) is 10.5. The zero-order chi connectivity index (χ0) is 19.6. The number of aryl methyl sites for hydroxylation is 2. The Labute approximate surface area is 168 Å². The van der Waals surface area contributed by atoms with E-state index in [2.05, 4.69) is 34.5 Å². The number of amides is 1. The first-order valence-electron chi connectivity index (χ1n) is 10.5. The molecular weight excluding hydrogens is 348 g/mol. The molecule has 1 amide bonds. The highest BCUT2D eigenvalue weighted by Gasteiger charge is 2.10. The summed E-state index contributed by atoms with van der Waals surface area (Å²) in [5.41, 5.74) is 3.84. The van der Waals surface area contributed by atoms with Gasteiger partial charge < -0.3 is 15.0 Å². The normalized spacial score (nSPS) is 14.0. The summed E-state index contributed by atoms with van der Waals surface area (Å²) in [6.07, 6.45) is 7.22. The fraction of sp³-hybridized carbons (Fsp3) is 0.458. The molecule has 4 nitrogen and oxygen atoms in total. The van der Waals surface area contributed by atoms with Gasteiger partial charge in [0.2, 0.25) is 5.91 Å². The molecule has 2 aromatic rings. The fourth-order valence-corrected chi connectivity index (χ4v) is 3.68. The van der Waals surface area contributed by atoms with Gasteiger partial charge in [0.05, 0.1) is 7.11 Å². The summed E-state index contributed by atoms with van der Waals surface area (Å²) in [5, 5.41) is 3.04. The molecule has 1 heterocycles. The highest BCUT2D eigenvalue weighted by Crippen LogP contribution is 2.20. The summed E-state index contributed by atoms with van der Waals surface area (Å²) in [5.74, 6) is 0.966. The summed E-state index contributed by atoms with van der Waals surface area (Å²) < 4.78 is 5.15. The SMILES string of the molecule is COc1ccc(CCC(=O)NCCCc2ccc(N3CCCCC3)cc2)cc1. The van der Waals surface area contributed by atoms with Crippen LogP contribution in [0.5, 0.6) is 5.75 Å².